The molecule has 2 saturated carbocycles. The Labute approximate surface area is 182 Å². The van der Waals surface area contributed by atoms with E-state index in [4.69, 9.17) is 9.73 Å². The Morgan fingerprint density at radius 2 is 2.27 bits per heavy atom. The van der Waals surface area contributed by atoms with E-state index in [0.29, 0.717) is 23.5 Å². The lowest BCUT2D eigenvalue weighted by atomic mass is 9.46. The molecule has 2 aliphatic carbocycles. The smallest absolute Gasteiger partial charge is 0.194 e. The van der Waals surface area contributed by atoms with Crippen molar-refractivity contribution in [1.29, 1.82) is 0 Å². The number of aromatic nitrogens is 1. The van der Waals surface area contributed by atoms with Gasteiger partial charge in [-0.1, -0.05) is 6.42 Å². The minimum Gasteiger partial charge on any atom is -0.377 e. The van der Waals surface area contributed by atoms with E-state index in [-0.39, 0.29) is 24.0 Å². The molecule has 3 fully saturated rings. The molecule has 26 heavy (non-hydrogen) atoms. The number of nitrogens with one attached hydrogen (secondary N) is 1. The summed E-state index contributed by atoms with van der Waals surface area (Å²) in [7, 11) is 4.23. The van der Waals surface area contributed by atoms with E-state index >= 15 is 0 Å². The molecule has 146 valence electrons. The highest BCUT2D eigenvalue weighted by atomic mass is 127. The molecule has 0 amide bonds. The minimum atomic E-state index is 0. The van der Waals surface area contributed by atoms with Gasteiger partial charge in [-0.3, -0.25) is 4.99 Å². The van der Waals surface area contributed by atoms with Gasteiger partial charge in [0.25, 0.3) is 0 Å². The van der Waals surface area contributed by atoms with Crippen LogP contribution in [0.5, 0.6) is 0 Å². The van der Waals surface area contributed by atoms with Crippen LogP contribution in [0.4, 0.5) is 0 Å². The maximum Gasteiger partial charge on any atom is 0.194 e. The number of guanidine groups is 1. The van der Waals surface area contributed by atoms with Gasteiger partial charge in [0.05, 0.1) is 12.6 Å². The fraction of sp³-hybridized carbons (Fsp3) is 0.737. The second-order valence-corrected chi connectivity index (χ2v) is 8.78. The molecule has 5 nitrogen and oxygen atoms in total. The van der Waals surface area contributed by atoms with Crippen LogP contribution in [0.15, 0.2) is 21.7 Å². The standard InChI is InChI=1S/C19H29BrN4O.HI/c1-4-21-18(24(3)12-14-10-13(20)11-23(14)2)22-16-15-6-9-25-17(15)19(16)7-5-8-19;/h10-11,15-17H,4-9,12H2,1-3H3,(H,21,22);1H. The number of ether oxygens (including phenoxy) is 1. The molecule has 3 aliphatic rings. The number of hydrogen-bond acceptors (Lipinski definition) is 2. The molecule has 0 radical (unpaired) electrons. The van der Waals surface area contributed by atoms with E-state index < -0.39 is 0 Å². The summed E-state index contributed by atoms with van der Waals surface area (Å²) in [6.45, 7) is 4.69. The lowest BCUT2D eigenvalue weighted by molar-refractivity contribution is -0.171. The maximum absolute atomic E-state index is 6.05. The highest BCUT2D eigenvalue weighted by molar-refractivity contribution is 14.0. The van der Waals surface area contributed by atoms with Crippen LogP contribution < -0.4 is 5.32 Å². The Bertz CT molecular complexity index is 672. The molecule has 1 aromatic rings. The Kier molecular flexibility index (Phi) is 6.29. The average molecular weight is 537 g/mol. The number of aliphatic imine (C=N–C) groups is 1. The quantitative estimate of drug-likeness (QED) is 0.362. The first kappa shape index (κ1) is 20.5. The fourth-order valence-electron chi connectivity index (χ4n) is 5.06. The molecule has 1 aromatic heterocycles. The number of fused-ring (bicyclic) bond motifs is 2. The zero-order chi connectivity index (χ0) is 17.6. The zero-order valence-corrected chi connectivity index (χ0v) is 19.8. The molecule has 4 rings (SSSR count). The number of halogens is 2. The van der Waals surface area contributed by atoms with E-state index in [1.165, 1.54) is 31.4 Å². The molecule has 7 heteroatoms. The van der Waals surface area contributed by atoms with Crippen molar-refractivity contribution in [3.8, 4) is 0 Å². The van der Waals surface area contributed by atoms with E-state index in [9.17, 15) is 0 Å². The Morgan fingerprint density at radius 3 is 2.85 bits per heavy atom. The molecule has 1 aliphatic heterocycles. The van der Waals surface area contributed by atoms with Gasteiger partial charge in [0.1, 0.15) is 0 Å². The molecule has 3 unspecified atom stereocenters. The van der Waals surface area contributed by atoms with Gasteiger partial charge < -0.3 is 19.5 Å². The Balaban J connectivity index is 0.00000196. The third kappa shape index (κ3) is 3.32. The van der Waals surface area contributed by atoms with Gasteiger partial charge in [-0.05, 0) is 48.2 Å². The van der Waals surface area contributed by atoms with Crippen molar-refractivity contribution in [2.24, 2.45) is 23.4 Å². The van der Waals surface area contributed by atoms with Crippen LogP contribution in [0.3, 0.4) is 0 Å². The monoisotopic (exact) mass is 536 g/mol. The molecular weight excluding hydrogens is 507 g/mol. The van der Waals surface area contributed by atoms with Crippen molar-refractivity contribution in [2.75, 3.05) is 20.2 Å². The van der Waals surface area contributed by atoms with Gasteiger partial charge in [0, 0.05) is 61.0 Å². The Hall–Kier alpha value is -0.280. The molecule has 1 saturated heterocycles. The van der Waals surface area contributed by atoms with Crippen molar-refractivity contribution in [2.45, 2.75) is 51.3 Å². The van der Waals surface area contributed by atoms with Crippen molar-refractivity contribution >= 4 is 45.9 Å². The first-order valence-corrected chi connectivity index (χ1v) is 10.3. The number of hydrogen-bond donors (Lipinski definition) is 1. The third-order valence-corrected chi connectivity index (χ3v) is 6.90. The summed E-state index contributed by atoms with van der Waals surface area (Å²) < 4.78 is 9.35. The zero-order valence-electron chi connectivity index (χ0n) is 15.9. The first-order valence-electron chi connectivity index (χ1n) is 9.49. The van der Waals surface area contributed by atoms with Gasteiger partial charge in [-0.15, -0.1) is 24.0 Å². The van der Waals surface area contributed by atoms with Crippen LogP contribution in [-0.4, -0.2) is 47.8 Å². The Morgan fingerprint density at radius 1 is 1.50 bits per heavy atom. The number of aryl methyl sites for hydroxylation is 1. The topological polar surface area (TPSA) is 41.8 Å². The van der Waals surface area contributed by atoms with Gasteiger partial charge in [-0.2, -0.15) is 0 Å². The second-order valence-electron chi connectivity index (χ2n) is 7.87. The third-order valence-electron chi connectivity index (χ3n) is 6.46. The fourth-order valence-corrected chi connectivity index (χ4v) is 5.63. The van der Waals surface area contributed by atoms with Crippen LogP contribution in [0.25, 0.3) is 0 Å². The van der Waals surface area contributed by atoms with Gasteiger partial charge in [0.2, 0.25) is 0 Å². The summed E-state index contributed by atoms with van der Waals surface area (Å²) in [6.07, 6.45) is 7.74. The second kappa shape index (κ2) is 7.99. The molecule has 2 heterocycles. The van der Waals surface area contributed by atoms with Gasteiger partial charge in [-0.25, -0.2) is 0 Å². The number of nitrogens with zero attached hydrogens (tertiary/aromatic N) is 3. The summed E-state index contributed by atoms with van der Waals surface area (Å²) in [4.78, 5) is 7.04. The number of rotatable bonds is 4. The molecular formula is C19H30BrIN4O. The molecule has 1 N–H and O–H groups in total. The van der Waals surface area contributed by atoms with Crippen molar-refractivity contribution in [3.63, 3.8) is 0 Å². The van der Waals surface area contributed by atoms with Gasteiger partial charge >= 0.3 is 0 Å². The van der Waals surface area contributed by atoms with E-state index in [2.05, 4.69) is 64.0 Å². The molecule has 3 atom stereocenters. The summed E-state index contributed by atoms with van der Waals surface area (Å²) in [5, 5.41) is 3.84. The van der Waals surface area contributed by atoms with Crippen molar-refractivity contribution < 1.29 is 4.74 Å². The summed E-state index contributed by atoms with van der Waals surface area (Å²) in [6, 6.07) is 2.71. The molecule has 0 aromatic carbocycles. The summed E-state index contributed by atoms with van der Waals surface area (Å²) >= 11 is 3.56. The van der Waals surface area contributed by atoms with Crippen LogP contribution in [0, 0.1) is 11.3 Å². The predicted molar refractivity (Wildman–Crippen MR) is 119 cm³/mol. The largest absolute Gasteiger partial charge is 0.377 e. The van der Waals surface area contributed by atoms with Crippen LogP contribution in [0.1, 0.15) is 38.3 Å². The predicted octanol–water partition coefficient (Wildman–Crippen LogP) is 3.76. The first-order chi connectivity index (χ1) is 12.0. The van der Waals surface area contributed by atoms with Crippen molar-refractivity contribution in [1.82, 2.24) is 14.8 Å². The summed E-state index contributed by atoms with van der Waals surface area (Å²) in [5.74, 6) is 1.70. The summed E-state index contributed by atoms with van der Waals surface area (Å²) in [5.41, 5.74) is 1.65. The van der Waals surface area contributed by atoms with Crippen LogP contribution >= 0.6 is 39.9 Å². The van der Waals surface area contributed by atoms with Crippen molar-refractivity contribution in [3.05, 3.63) is 22.4 Å². The average Bonchev–Trinajstić information content (AvgIpc) is 3.06. The highest BCUT2D eigenvalue weighted by Gasteiger charge is 2.66. The van der Waals surface area contributed by atoms with Crippen LogP contribution in [-0.2, 0) is 18.3 Å². The van der Waals surface area contributed by atoms with E-state index in [0.717, 1.165) is 30.1 Å². The van der Waals surface area contributed by atoms with E-state index in [1.807, 2.05) is 0 Å². The minimum absolute atomic E-state index is 0. The maximum atomic E-state index is 6.05. The van der Waals surface area contributed by atoms with E-state index in [1.54, 1.807) is 0 Å². The normalized spacial score (nSPS) is 28.8. The van der Waals surface area contributed by atoms with Crippen LogP contribution in [0.2, 0.25) is 0 Å². The highest BCUT2D eigenvalue weighted by Crippen LogP contribution is 2.62. The SMILES string of the molecule is CCN=C(NC1C2CCOC2C12CCC2)N(C)Cc1cc(Br)cn1C.I. The molecule has 0 bridgehead atoms. The lowest BCUT2D eigenvalue weighted by Gasteiger charge is -2.63. The molecule has 1 spiro atoms. The van der Waals surface area contributed by atoms with Gasteiger partial charge in [0.15, 0.2) is 5.96 Å². The lowest BCUT2D eigenvalue weighted by Crippen LogP contribution is -2.72.